The Morgan fingerprint density at radius 2 is 2.08 bits per heavy atom. The first-order valence-corrected chi connectivity index (χ1v) is 4.08. The van der Waals surface area contributed by atoms with E-state index in [-0.39, 0.29) is 18.5 Å². The Morgan fingerprint density at radius 1 is 1.58 bits per heavy atom. The Kier molecular flexibility index (Phi) is 4.03. The minimum atomic E-state index is -0.841. The topological polar surface area (TPSA) is 61.4 Å². The standard InChI is InChI=1S/C8H18N2O2/c1-6(2)8(3,12)5-10-7(11)9-4/h6,12H,5H2,1-4H3,(H2,9,10,11). The zero-order valence-electron chi connectivity index (χ0n) is 8.14. The molecule has 72 valence electrons. The van der Waals surface area contributed by atoms with E-state index in [9.17, 15) is 9.90 Å². The average molecular weight is 174 g/mol. The van der Waals surface area contributed by atoms with Gasteiger partial charge in [0.25, 0.3) is 0 Å². The van der Waals surface area contributed by atoms with E-state index in [0.29, 0.717) is 0 Å². The molecule has 0 radical (unpaired) electrons. The lowest BCUT2D eigenvalue weighted by Gasteiger charge is -2.27. The van der Waals surface area contributed by atoms with Gasteiger partial charge in [0.15, 0.2) is 0 Å². The summed E-state index contributed by atoms with van der Waals surface area (Å²) in [4.78, 5) is 10.7. The molecular formula is C8H18N2O2. The summed E-state index contributed by atoms with van der Waals surface area (Å²) >= 11 is 0. The smallest absolute Gasteiger partial charge is 0.314 e. The fourth-order valence-corrected chi connectivity index (χ4v) is 0.552. The number of aliphatic hydroxyl groups is 1. The van der Waals surface area contributed by atoms with Crippen molar-refractivity contribution in [3.8, 4) is 0 Å². The van der Waals surface area contributed by atoms with Crippen LogP contribution in [0.1, 0.15) is 20.8 Å². The van der Waals surface area contributed by atoms with Crippen LogP contribution < -0.4 is 10.6 Å². The highest BCUT2D eigenvalue weighted by Crippen LogP contribution is 2.13. The Bertz CT molecular complexity index is 155. The third-order valence-electron chi connectivity index (χ3n) is 2.08. The van der Waals surface area contributed by atoms with Crippen LogP contribution in [-0.2, 0) is 0 Å². The van der Waals surface area contributed by atoms with Crippen molar-refractivity contribution < 1.29 is 9.90 Å². The van der Waals surface area contributed by atoms with Crippen LogP contribution in [0.25, 0.3) is 0 Å². The fraction of sp³-hybridized carbons (Fsp3) is 0.875. The third kappa shape index (κ3) is 3.57. The van der Waals surface area contributed by atoms with Crippen LogP contribution in [-0.4, -0.2) is 30.3 Å². The summed E-state index contributed by atoms with van der Waals surface area (Å²) in [5.74, 6) is 0.120. The van der Waals surface area contributed by atoms with Gasteiger partial charge >= 0.3 is 6.03 Å². The lowest BCUT2D eigenvalue weighted by atomic mass is 9.93. The zero-order valence-corrected chi connectivity index (χ0v) is 8.14. The Labute approximate surface area is 73.3 Å². The van der Waals surface area contributed by atoms with Crippen LogP contribution in [0.15, 0.2) is 0 Å². The first-order valence-electron chi connectivity index (χ1n) is 4.08. The maximum atomic E-state index is 10.7. The Morgan fingerprint density at radius 3 is 2.42 bits per heavy atom. The number of carbonyl (C=O) groups excluding carboxylic acids is 1. The van der Waals surface area contributed by atoms with Gasteiger partial charge in [-0.2, -0.15) is 0 Å². The number of urea groups is 1. The van der Waals surface area contributed by atoms with E-state index >= 15 is 0 Å². The summed E-state index contributed by atoms with van der Waals surface area (Å²) in [5, 5.41) is 14.7. The molecule has 0 aliphatic heterocycles. The Balaban J connectivity index is 3.83. The van der Waals surface area contributed by atoms with Crippen molar-refractivity contribution in [3.05, 3.63) is 0 Å². The average Bonchev–Trinajstić information content (AvgIpc) is 2.00. The van der Waals surface area contributed by atoms with E-state index in [1.807, 2.05) is 13.8 Å². The van der Waals surface area contributed by atoms with Crippen LogP contribution in [0.3, 0.4) is 0 Å². The summed E-state index contributed by atoms with van der Waals surface area (Å²) in [5.41, 5.74) is -0.841. The molecule has 0 bridgehead atoms. The van der Waals surface area contributed by atoms with Gasteiger partial charge in [0, 0.05) is 13.6 Å². The SMILES string of the molecule is CNC(=O)NCC(C)(O)C(C)C. The van der Waals surface area contributed by atoms with E-state index in [1.54, 1.807) is 14.0 Å². The number of amides is 2. The van der Waals surface area contributed by atoms with Crippen molar-refractivity contribution in [2.24, 2.45) is 5.92 Å². The van der Waals surface area contributed by atoms with Crippen LogP contribution in [0.5, 0.6) is 0 Å². The minimum Gasteiger partial charge on any atom is -0.388 e. The van der Waals surface area contributed by atoms with Crippen molar-refractivity contribution in [2.45, 2.75) is 26.4 Å². The first-order chi connectivity index (χ1) is 5.40. The molecule has 0 aliphatic rings. The molecule has 0 saturated heterocycles. The second-order valence-electron chi connectivity index (χ2n) is 3.44. The second-order valence-corrected chi connectivity index (χ2v) is 3.44. The highest BCUT2D eigenvalue weighted by atomic mass is 16.3. The van der Waals surface area contributed by atoms with Crippen molar-refractivity contribution in [1.82, 2.24) is 10.6 Å². The number of rotatable bonds is 3. The molecule has 0 fully saturated rings. The monoisotopic (exact) mass is 174 g/mol. The molecule has 2 amide bonds. The summed E-state index contributed by atoms with van der Waals surface area (Å²) in [6.45, 7) is 5.79. The largest absolute Gasteiger partial charge is 0.388 e. The van der Waals surface area contributed by atoms with E-state index in [0.717, 1.165) is 0 Å². The predicted molar refractivity (Wildman–Crippen MR) is 47.9 cm³/mol. The van der Waals surface area contributed by atoms with E-state index in [4.69, 9.17) is 0 Å². The summed E-state index contributed by atoms with van der Waals surface area (Å²) < 4.78 is 0. The molecule has 4 nitrogen and oxygen atoms in total. The summed E-state index contributed by atoms with van der Waals surface area (Å²) in [7, 11) is 1.54. The quantitative estimate of drug-likeness (QED) is 0.577. The van der Waals surface area contributed by atoms with Crippen molar-refractivity contribution in [3.63, 3.8) is 0 Å². The molecule has 0 spiro atoms. The van der Waals surface area contributed by atoms with E-state index in [1.165, 1.54) is 0 Å². The fourth-order valence-electron chi connectivity index (χ4n) is 0.552. The molecule has 1 unspecified atom stereocenters. The molecule has 0 saturated carbocycles. The van der Waals surface area contributed by atoms with E-state index in [2.05, 4.69) is 10.6 Å². The van der Waals surface area contributed by atoms with Crippen molar-refractivity contribution in [2.75, 3.05) is 13.6 Å². The molecule has 0 rings (SSSR count). The molecule has 0 heterocycles. The maximum absolute atomic E-state index is 10.7. The van der Waals surface area contributed by atoms with Gasteiger partial charge in [0.1, 0.15) is 0 Å². The maximum Gasteiger partial charge on any atom is 0.314 e. The molecule has 3 N–H and O–H groups in total. The number of carbonyl (C=O) groups is 1. The van der Waals surface area contributed by atoms with Gasteiger partial charge in [-0.05, 0) is 12.8 Å². The van der Waals surface area contributed by atoms with Crippen molar-refractivity contribution in [1.29, 1.82) is 0 Å². The van der Waals surface area contributed by atoms with Gasteiger partial charge in [-0.25, -0.2) is 4.79 Å². The van der Waals surface area contributed by atoms with Crippen molar-refractivity contribution >= 4 is 6.03 Å². The molecule has 4 heteroatoms. The van der Waals surface area contributed by atoms with Gasteiger partial charge < -0.3 is 15.7 Å². The number of hydrogen-bond acceptors (Lipinski definition) is 2. The predicted octanol–water partition coefficient (Wildman–Crippen LogP) is 0.322. The number of hydrogen-bond donors (Lipinski definition) is 3. The van der Waals surface area contributed by atoms with Crippen LogP contribution >= 0.6 is 0 Å². The lowest BCUT2D eigenvalue weighted by molar-refractivity contribution is 0.0166. The second kappa shape index (κ2) is 4.30. The molecule has 12 heavy (non-hydrogen) atoms. The molecule has 0 aliphatic carbocycles. The Hall–Kier alpha value is -0.770. The highest BCUT2D eigenvalue weighted by Gasteiger charge is 2.24. The summed E-state index contributed by atoms with van der Waals surface area (Å²) in [6, 6.07) is -0.268. The molecular weight excluding hydrogens is 156 g/mol. The van der Waals surface area contributed by atoms with Crippen LogP contribution in [0, 0.1) is 5.92 Å². The molecule has 0 aromatic rings. The van der Waals surface area contributed by atoms with Crippen LogP contribution in [0.2, 0.25) is 0 Å². The lowest BCUT2D eigenvalue weighted by Crippen LogP contribution is -2.46. The number of nitrogens with one attached hydrogen (secondary N) is 2. The first kappa shape index (κ1) is 11.2. The minimum absolute atomic E-state index is 0.120. The zero-order chi connectivity index (χ0) is 9.78. The van der Waals surface area contributed by atoms with Gasteiger partial charge in [-0.15, -0.1) is 0 Å². The van der Waals surface area contributed by atoms with Gasteiger partial charge in [-0.3, -0.25) is 0 Å². The summed E-state index contributed by atoms with van der Waals surface area (Å²) in [6.07, 6.45) is 0. The van der Waals surface area contributed by atoms with Gasteiger partial charge in [0.2, 0.25) is 0 Å². The van der Waals surface area contributed by atoms with Crippen LogP contribution in [0.4, 0.5) is 4.79 Å². The highest BCUT2D eigenvalue weighted by molar-refractivity contribution is 5.73. The van der Waals surface area contributed by atoms with E-state index < -0.39 is 5.60 Å². The normalized spacial score (nSPS) is 15.5. The van der Waals surface area contributed by atoms with Gasteiger partial charge in [-0.1, -0.05) is 13.8 Å². The third-order valence-corrected chi connectivity index (χ3v) is 2.08. The molecule has 0 aromatic heterocycles. The molecule has 0 aromatic carbocycles. The van der Waals surface area contributed by atoms with Gasteiger partial charge in [0.05, 0.1) is 5.60 Å². The molecule has 1 atom stereocenters.